The number of nitrogens with zero attached hydrogens (tertiary/aromatic N) is 3. The van der Waals surface area contributed by atoms with Gasteiger partial charge in [-0.05, 0) is 58.3 Å². The van der Waals surface area contributed by atoms with Crippen molar-refractivity contribution < 1.29 is 14.3 Å². The Kier molecular flexibility index (Phi) is 4.13. The van der Waals surface area contributed by atoms with Gasteiger partial charge in [0.15, 0.2) is 0 Å². The molecular weight excluding hydrogens is 342 g/mol. The molecule has 1 aromatic heterocycles. The first kappa shape index (κ1) is 17.7. The smallest absolute Gasteiger partial charge is 0.272 e. The molecule has 4 aliphatic rings. The Labute approximate surface area is 161 Å². The number of aromatic nitrogens is 2. The summed E-state index contributed by atoms with van der Waals surface area (Å²) < 4.78 is 14.2. The van der Waals surface area contributed by atoms with Crippen LogP contribution in [0.4, 0.5) is 0 Å². The maximum absolute atomic E-state index is 13.7. The Hall–Kier alpha value is -1.40. The summed E-state index contributed by atoms with van der Waals surface area (Å²) >= 11 is 0. The quantitative estimate of drug-likeness (QED) is 0.814. The Morgan fingerprint density at radius 2 is 1.93 bits per heavy atom. The number of amides is 1. The van der Waals surface area contributed by atoms with Crippen molar-refractivity contribution in [1.82, 2.24) is 14.7 Å². The predicted molar refractivity (Wildman–Crippen MR) is 101 cm³/mol. The normalized spacial score (nSPS) is 30.3. The van der Waals surface area contributed by atoms with Crippen molar-refractivity contribution in [2.24, 2.45) is 11.8 Å². The van der Waals surface area contributed by atoms with Crippen LogP contribution in [0.1, 0.15) is 74.3 Å². The van der Waals surface area contributed by atoms with Crippen LogP contribution in [0, 0.1) is 11.8 Å². The molecule has 0 bridgehead atoms. The molecule has 2 aliphatic carbocycles. The highest BCUT2D eigenvalue weighted by Gasteiger charge is 2.57. The highest BCUT2D eigenvalue weighted by Crippen LogP contribution is 2.55. The van der Waals surface area contributed by atoms with Gasteiger partial charge in [-0.1, -0.05) is 0 Å². The van der Waals surface area contributed by atoms with Crippen LogP contribution in [0.15, 0.2) is 0 Å². The van der Waals surface area contributed by atoms with E-state index in [4.69, 9.17) is 14.6 Å². The van der Waals surface area contributed by atoms with Crippen molar-refractivity contribution in [2.45, 2.75) is 77.2 Å². The van der Waals surface area contributed by atoms with Crippen molar-refractivity contribution >= 4 is 5.91 Å². The van der Waals surface area contributed by atoms with Crippen molar-refractivity contribution in [2.75, 3.05) is 19.7 Å². The first-order chi connectivity index (χ1) is 13.0. The van der Waals surface area contributed by atoms with E-state index in [1.165, 1.54) is 25.7 Å². The highest BCUT2D eigenvalue weighted by molar-refractivity contribution is 5.94. The second-order valence-electron chi connectivity index (χ2n) is 8.90. The number of carbonyl (C=O) groups is 1. The monoisotopic (exact) mass is 373 g/mol. The minimum Gasteiger partial charge on any atom is -0.371 e. The molecular formula is C21H31N3O3. The van der Waals surface area contributed by atoms with Crippen molar-refractivity contribution in [1.29, 1.82) is 0 Å². The van der Waals surface area contributed by atoms with Gasteiger partial charge in [-0.3, -0.25) is 9.48 Å². The van der Waals surface area contributed by atoms with Gasteiger partial charge in [-0.25, -0.2) is 0 Å². The van der Waals surface area contributed by atoms with E-state index in [0.717, 1.165) is 29.9 Å². The predicted octanol–water partition coefficient (Wildman–Crippen LogP) is 2.96. The molecule has 148 valence electrons. The summed E-state index contributed by atoms with van der Waals surface area (Å²) in [6.07, 6.45) is 5.86. The second-order valence-corrected chi connectivity index (χ2v) is 8.90. The number of morpholine rings is 1. The molecule has 3 heterocycles. The molecule has 0 aromatic carbocycles. The fourth-order valence-corrected chi connectivity index (χ4v) is 5.33. The summed E-state index contributed by atoms with van der Waals surface area (Å²) in [6, 6.07) is 0. The second kappa shape index (κ2) is 6.31. The van der Waals surface area contributed by atoms with Crippen LogP contribution < -0.4 is 0 Å². The number of hydrogen-bond acceptors (Lipinski definition) is 4. The third kappa shape index (κ3) is 2.83. The average molecular weight is 373 g/mol. The third-order valence-electron chi connectivity index (χ3n) is 6.89. The number of aryl methyl sites for hydroxylation is 1. The molecule has 27 heavy (non-hydrogen) atoms. The lowest BCUT2D eigenvalue weighted by atomic mass is 9.89. The lowest BCUT2D eigenvalue weighted by molar-refractivity contribution is -0.126. The maximum atomic E-state index is 13.7. The fourth-order valence-electron chi connectivity index (χ4n) is 5.33. The SMILES string of the molecule is CCn1nc2c(c1C(=O)N1CCOC(C3CC3)(C3CC3)C1)C[C@H](C)O[C@@H]2C. The number of fused-ring (bicyclic) bond motifs is 1. The molecule has 0 unspecified atom stereocenters. The summed E-state index contributed by atoms with van der Waals surface area (Å²) in [5.41, 5.74) is 2.76. The minimum absolute atomic E-state index is 0.0511. The van der Waals surface area contributed by atoms with Gasteiger partial charge in [0.2, 0.25) is 0 Å². The Bertz CT molecular complexity index is 738. The van der Waals surface area contributed by atoms with Crippen LogP contribution in [-0.2, 0) is 22.4 Å². The molecule has 1 aromatic rings. The maximum Gasteiger partial charge on any atom is 0.272 e. The molecule has 2 aliphatic heterocycles. The van der Waals surface area contributed by atoms with E-state index in [9.17, 15) is 4.79 Å². The van der Waals surface area contributed by atoms with Gasteiger partial charge in [0, 0.05) is 25.1 Å². The Balaban J connectivity index is 1.47. The van der Waals surface area contributed by atoms with Crippen molar-refractivity contribution in [3.05, 3.63) is 17.0 Å². The zero-order valence-corrected chi connectivity index (χ0v) is 16.7. The van der Waals surface area contributed by atoms with Crippen molar-refractivity contribution in [3.63, 3.8) is 0 Å². The van der Waals surface area contributed by atoms with E-state index >= 15 is 0 Å². The number of ether oxygens (including phenoxy) is 2. The Morgan fingerprint density at radius 1 is 1.22 bits per heavy atom. The lowest BCUT2D eigenvalue weighted by Crippen LogP contribution is -2.56. The molecule has 0 spiro atoms. The summed E-state index contributed by atoms with van der Waals surface area (Å²) in [6.45, 7) is 8.99. The van der Waals surface area contributed by atoms with Gasteiger partial charge in [0.1, 0.15) is 5.69 Å². The fraction of sp³-hybridized carbons (Fsp3) is 0.810. The van der Waals surface area contributed by atoms with E-state index in [2.05, 4.69) is 18.7 Å². The number of hydrogen-bond donors (Lipinski definition) is 0. The molecule has 2 saturated carbocycles. The number of carbonyl (C=O) groups excluding carboxylic acids is 1. The summed E-state index contributed by atoms with van der Waals surface area (Å²) in [5, 5.41) is 4.74. The summed E-state index contributed by atoms with van der Waals surface area (Å²) in [5.74, 6) is 1.44. The van der Waals surface area contributed by atoms with Gasteiger partial charge < -0.3 is 14.4 Å². The van der Waals surface area contributed by atoms with Gasteiger partial charge in [-0.2, -0.15) is 5.10 Å². The third-order valence-corrected chi connectivity index (χ3v) is 6.89. The van der Waals surface area contributed by atoms with Gasteiger partial charge in [0.25, 0.3) is 5.91 Å². The standard InChI is InChI=1S/C21H31N3O3/c1-4-24-19(17-11-13(2)27-14(3)18(17)22-24)20(25)23-9-10-26-21(12-23,15-5-6-15)16-7-8-16/h13-16H,4-12H2,1-3H3/t13-,14+/m0/s1. The van der Waals surface area contributed by atoms with Crippen LogP contribution in [0.3, 0.4) is 0 Å². The van der Waals surface area contributed by atoms with E-state index in [-0.39, 0.29) is 23.7 Å². The van der Waals surface area contributed by atoms with Crippen LogP contribution in [-0.4, -0.2) is 52.0 Å². The van der Waals surface area contributed by atoms with E-state index in [1.54, 1.807) is 0 Å². The topological polar surface area (TPSA) is 56.6 Å². The first-order valence-corrected chi connectivity index (χ1v) is 10.7. The van der Waals surface area contributed by atoms with E-state index in [1.807, 2.05) is 11.6 Å². The minimum atomic E-state index is -0.0747. The van der Waals surface area contributed by atoms with E-state index in [0.29, 0.717) is 31.5 Å². The average Bonchev–Trinajstić information content (AvgIpc) is 3.55. The largest absolute Gasteiger partial charge is 0.371 e. The Morgan fingerprint density at radius 3 is 2.56 bits per heavy atom. The molecule has 2 atom stereocenters. The number of rotatable bonds is 4. The zero-order chi connectivity index (χ0) is 18.8. The van der Waals surface area contributed by atoms with Crippen LogP contribution in [0.25, 0.3) is 0 Å². The molecule has 1 saturated heterocycles. The summed E-state index contributed by atoms with van der Waals surface area (Å²) in [4.78, 5) is 15.7. The molecule has 0 radical (unpaired) electrons. The molecule has 3 fully saturated rings. The lowest BCUT2D eigenvalue weighted by Gasteiger charge is -2.44. The van der Waals surface area contributed by atoms with E-state index < -0.39 is 0 Å². The van der Waals surface area contributed by atoms with Crippen molar-refractivity contribution in [3.8, 4) is 0 Å². The summed E-state index contributed by atoms with van der Waals surface area (Å²) in [7, 11) is 0. The molecule has 6 nitrogen and oxygen atoms in total. The molecule has 5 rings (SSSR count). The van der Waals surface area contributed by atoms with Gasteiger partial charge in [0.05, 0.1) is 36.7 Å². The van der Waals surface area contributed by atoms with Gasteiger partial charge >= 0.3 is 0 Å². The molecule has 1 amide bonds. The van der Waals surface area contributed by atoms with Crippen LogP contribution >= 0.6 is 0 Å². The highest BCUT2D eigenvalue weighted by atomic mass is 16.5. The zero-order valence-electron chi connectivity index (χ0n) is 16.7. The van der Waals surface area contributed by atoms with Crippen LogP contribution in [0.2, 0.25) is 0 Å². The first-order valence-electron chi connectivity index (χ1n) is 10.7. The van der Waals surface area contributed by atoms with Gasteiger partial charge in [-0.15, -0.1) is 0 Å². The van der Waals surface area contributed by atoms with Crippen LogP contribution in [0.5, 0.6) is 0 Å². The molecule has 6 heteroatoms. The molecule has 0 N–H and O–H groups in total.